The van der Waals surface area contributed by atoms with Gasteiger partial charge in [-0.15, -0.1) is 16.8 Å². The van der Waals surface area contributed by atoms with E-state index in [4.69, 9.17) is 4.74 Å². The summed E-state index contributed by atoms with van der Waals surface area (Å²) in [4.78, 5) is 14.4. The van der Waals surface area contributed by atoms with Gasteiger partial charge in [-0.3, -0.25) is 9.36 Å². The molecule has 150 valence electrons. The number of thioether (sulfide) groups is 1. The number of ether oxygens (including phenoxy) is 1. The second-order valence-electron chi connectivity index (χ2n) is 6.89. The molecule has 8 heteroatoms. The second-order valence-corrected chi connectivity index (χ2v) is 7.84. The number of piperidine rings is 1. The van der Waals surface area contributed by atoms with Crippen molar-refractivity contribution < 1.29 is 13.9 Å². The van der Waals surface area contributed by atoms with Gasteiger partial charge in [0.1, 0.15) is 6.61 Å². The van der Waals surface area contributed by atoms with Gasteiger partial charge in [0.15, 0.2) is 22.5 Å². The first kappa shape index (κ1) is 20.4. The highest BCUT2D eigenvalue weighted by Crippen LogP contribution is 2.22. The van der Waals surface area contributed by atoms with Crippen molar-refractivity contribution >= 4 is 17.7 Å². The minimum Gasteiger partial charge on any atom is -0.483 e. The number of aromatic nitrogens is 3. The van der Waals surface area contributed by atoms with Gasteiger partial charge < -0.3 is 9.64 Å². The van der Waals surface area contributed by atoms with E-state index in [1.807, 2.05) is 9.47 Å². The zero-order chi connectivity index (χ0) is 19.9. The lowest BCUT2D eigenvalue weighted by Gasteiger charge is -2.30. The van der Waals surface area contributed by atoms with Crippen LogP contribution in [-0.4, -0.2) is 44.4 Å². The molecule has 1 atom stereocenters. The van der Waals surface area contributed by atoms with Crippen LogP contribution in [0.3, 0.4) is 0 Å². The molecular formula is C20H25FN4O2S. The summed E-state index contributed by atoms with van der Waals surface area (Å²) < 4.78 is 21.1. The maximum atomic E-state index is 13.7. The van der Waals surface area contributed by atoms with Crippen LogP contribution in [-0.2, 0) is 17.9 Å². The Hall–Kier alpha value is -2.35. The fraction of sp³-hybridized carbons (Fsp3) is 0.450. The Balaban J connectivity index is 1.62. The monoisotopic (exact) mass is 404 g/mol. The number of hydrogen-bond acceptors (Lipinski definition) is 5. The van der Waals surface area contributed by atoms with E-state index in [1.165, 1.54) is 24.2 Å². The molecule has 0 N–H and O–H groups in total. The molecule has 1 aliphatic heterocycles. The lowest BCUT2D eigenvalue weighted by Crippen LogP contribution is -2.40. The predicted molar refractivity (Wildman–Crippen MR) is 107 cm³/mol. The number of allylic oxidation sites excluding steroid dienone is 1. The van der Waals surface area contributed by atoms with Gasteiger partial charge in [0, 0.05) is 19.6 Å². The first-order valence-corrected chi connectivity index (χ1v) is 10.4. The quantitative estimate of drug-likeness (QED) is 0.498. The Kier molecular flexibility index (Phi) is 7.08. The smallest absolute Gasteiger partial charge is 0.233 e. The Bertz CT molecular complexity index is 826. The van der Waals surface area contributed by atoms with Crippen molar-refractivity contribution in [3.8, 4) is 5.75 Å². The van der Waals surface area contributed by atoms with Crippen LogP contribution < -0.4 is 4.74 Å². The summed E-state index contributed by atoms with van der Waals surface area (Å²) >= 11 is 1.36. The molecule has 1 aromatic carbocycles. The fourth-order valence-corrected chi connectivity index (χ4v) is 4.05. The van der Waals surface area contributed by atoms with Gasteiger partial charge in [0.25, 0.3) is 0 Å². The van der Waals surface area contributed by atoms with Gasteiger partial charge in [0.2, 0.25) is 5.91 Å². The number of likely N-dealkylation sites (tertiary alicyclic amines) is 1. The molecule has 2 aromatic rings. The fourth-order valence-electron chi connectivity index (χ4n) is 3.18. The summed E-state index contributed by atoms with van der Waals surface area (Å²) in [5.74, 6) is 1.29. The van der Waals surface area contributed by atoms with Crippen LogP contribution in [0.2, 0.25) is 0 Å². The van der Waals surface area contributed by atoms with Crippen LogP contribution in [0.5, 0.6) is 5.75 Å². The van der Waals surface area contributed by atoms with Crippen molar-refractivity contribution in [1.82, 2.24) is 19.7 Å². The molecule has 0 aliphatic carbocycles. The van der Waals surface area contributed by atoms with E-state index in [9.17, 15) is 9.18 Å². The zero-order valence-electron chi connectivity index (χ0n) is 16.0. The van der Waals surface area contributed by atoms with Gasteiger partial charge in [-0.25, -0.2) is 4.39 Å². The third-order valence-corrected chi connectivity index (χ3v) is 5.58. The molecule has 3 rings (SSSR count). The summed E-state index contributed by atoms with van der Waals surface area (Å²) in [6, 6.07) is 6.23. The summed E-state index contributed by atoms with van der Waals surface area (Å²) in [6.07, 6.45) is 3.96. The Labute approximate surface area is 168 Å². The summed E-state index contributed by atoms with van der Waals surface area (Å²) in [7, 11) is 0. The van der Waals surface area contributed by atoms with Crippen LogP contribution >= 0.6 is 11.8 Å². The summed E-state index contributed by atoms with van der Waals surface area (Å²) in [5.41, 5.74) is 0. The molecule has 2 heterocycles. The highest BCUT2D eigenvalue weighted by Gasteiger charge is 2.22. The van der Waals surface area contributed by atoms with E-state index in [0.29, 0.717) is 29.2 Å². The number of carbonyl (C=O) groups is 1. The molecule has 0 spiro atoms. The second kappa shape index (κ2) is 9.73. The number of nitrogens with zero attached hydrogens (tertiary/aromatic N) is 4. The van der Waals surface area contributed by atoms with Crippen LogP contribution in [0.25, 0.3) is 0 Å². The number of rotatable bonds is 8. The van der Waals surface area contributed by atoms with Crippen molar-refractivity contribution in [3.63, 3.8) is 0 Å². The van der Waals surface area contributed by atoms with Gasteiger partial charge in [-0.2, -0.15) is 0 Å². The standard InChI is InChI=1S/C20H25FN4O2S/c1-3-10-25-18(13-27-17-9-5-4-8-16(17)21)22-23-20(25)28-14-19(26)24-11-6-7-15(2)12-24/h3-5,8-9,15H,1,6-7,10-14H2,2H3. The number of amides is 1. The van der Waals surface area contributed by atoms with Gasteiger partial charge in [0.05, 0.1) is 5.75 Å². The van der Waals surface area contributed by atoms with Crippen LogP contribution in [0.1, 0.15) is 25.6 Å². The maximum absolute atomic E-state index is 13.7. The minimum absolute atomic E-state index is 0.0833. The molecule has 1 amide bonds. The normalized spacial score (nSPS) is 16.8. The Morgan fingerprint density at radius 2 is 2.25 bits per heavy atom. The summed E-state index contributed by atoms with van der Waals surface area (Å²) in [6.45, 7) is 8.16. The largest absolute Gasteiger partial charge is 0.483 e. The van der Waals surface area contributed by atoms with Crippen molar-refractivity contribution in [2.24, 2.45) is 5.92 Å². The molecule has 0 radical (unpaired) electrons. The molecule has 1 unspecified atom stereocenters. The number of para-hydroxylation sites is 1. The third-order valence-electron chi connectivity index (χ3n) is 4.63. The van der Waals surface area contributed by atoms with Crippen LogP contribution in [0.15, 0.2) is 42.1 Å². The van der Waals surface area contributed by atoms with E-state index in [1.54, 1.807) is 24.3 Å². The zero-order valence-corrected chi connectivity index (χ0v) is 16.8. The average Bonchev–Trinajstić information content (AvgIpc) is 3.07. The lowest BCUT2D eigenvalue weighted by molar-refractivity contribution is -0.130. The highest BCUT2D eigenvalue weighted by molar-refractivity contribution is 7.99. The van der Waals surface area contributed by atoms with Crippen LogP contribution in [0.4, 0.5) is 4.39 Å². The number of halogens is 1. The van der Waals surface area contributed by atoms with Gasteiger partial charge in [-0.1, -0.05) is 36.9 Å². The van der Waals surface area contributed by atoms with E-state index < -0.39 is 5.82 Å². The van der Waals surface area contributed by atoms with Crippen molar-refractivity contribution in [2.75, 3.05) is 18.8 Å². The van der Waals surface area contributed by atoms with Crippen LogP contribution in [0, 0.1) is 11.7 Å². The Morgan fingerprint density at radius 3 is 3.00 bits per heavy atom. The molecular weight excluding hydrogens is 379 g/mol. The molecule has 28 heavy (non-hydrogen) atoms. The topological polar surface area (TPSA) is 60.2 Å². The van der Waals surface area contributed by atoms with Crippen molar-refractivity contribution in [3.05, 3.63) is 48.6 Å². The summed E-state index contributed by atoms with van der Waals surface area (Å²) in [5, 5.41) is 8.97. The van der Waals surface area contributed by atoms with Crippen molar-refractivity contribution in [2.45, 2.75) is 38.1 Å². The first-order valence-electron chi connectivity index (χ1n) is 9.39. The van der Waals surface area contributed by atoms with E-state index in [2.05, 4.69) is 23.7 Å². The lowest BCUT2D eigenvalue weighted by atomic mass is 10.0. The SMILES string of the molecule is C=CCn1c(COc2ccccc2F)nnc1SCC(=O)N1CCCC(C)C1. The molecule has 1 saturated heterocycles. The van der Waals surface area contributed by atoms with E-state index in [-0.39, 0.29) is 18.3 Å². The van der Waals surface area contributed by atoms with E-state index in [0.717, 1.165) is 19.5 Å². The molecule has 1 fully saturated rings. The highest BCUT2D eigenvalue weighted by atomic mass is 32.2. The molecule has 0 bridgehead atoms. The van der Waals surface area contributed by atoms with E-state index >= 15 is 0 Å². The molecule has 1 aromatic heterocycles. The van der Waals surface area contributed by atoms with Gasteiger partial charge >= 0.3 is 0 Å². The third kappa shape index (κ3) is 5.13. The molecule has 6 nitrogen and oxygen atoms in total. The Morgan fingerprint density at radius 1 is 1.43 bits per heavy atom. The number of benzene rings is 1. The first-order chi connectivity index (χ1) is 13.6. The average molecular weight is 405 g/mol. The maximum Gasteiger partial charge on any atom is 0.233 e. The number of hydrogen-bond donors (Lipinski definition) is 0. The molecule has 1 aliphatic rings. The minimum atomic E-state index is -0.423. The number of carbonyl (C=O) groups excluding carboxylic acids is 1. The predicted octanol–water partition coefficient (Wildman–Crippen LogP) is 3.53. The molecule has 0 saturated carbocycles. The van der Waals surface area contributed by atoms with Gasteiger partial charge in [-0.05, 0) is 30.9 Å². The van der Waals surface area contributed by atoms with Crippen molar-refractivity contribution in [1.29, 1.82) is 0 Å².